The fourth-order valence-electron chi connectivity index (χ4n) is 3.14. The van der Waals surface area contributed by atoms with Crippen LogP contribution in [0.15, 0.2) is 23.3 Å². The van der Waals surface area contributed by atoms with E-state index in [1.165, 1.54) is 0 Å². The molecule has 3 heterocycles. The van der Waals surface area contributed by atoms with Gasteiger partial charge in [0.15, 0.2) is 5.96 Å². The molecule has 2 aliphatic rings. The zero-order valence-corrected chi connectivity index (χ0v) is 15.0. The molecule has 7 heteroatoms. The van der Waals surface area contributed by atoms with Crippen LogP contribution in [0.1, 0.15) is 25.3 Å². The first-order valence-electron chi connectivity index (χ1n) is 9.27. The maximum Gasteiger partial charge on any atom is 0.191 e. The van der Waals surface area contributed by atoms with Crippen molar-refractivity contribution in [2.45, 2.75) is 32.4 Å². The molecule has 2 N–H and O–H groups in total. The number of pyridine rings is 1. The highest BCUT2D eigenvalue weighted by molar-refractivity contribution is 5.79. The third-order valence-electron chi connectivity index (χ3n) is 4.45. The number of hydrogen-bond acceptors (Lipinski definition) is 5. The predicted octanol–water partition coefficient (Wildman–Crippen LogP) is 1.15. The van der Waals surface area contributed by atoms with Crippen LogP contribution >= 0.6 is 0 Å². The lowest BCUT2D eigenvalue weighted by molar-refractivity contribution is 0.114. The Hall–Kier alpha value is -1.86. The van der Waals surface area contributed by atoms with Crippen molar-refractivity contribution < 1.29 is 9.47 Å². The maximum atomic E-state index is 5.67. The number of anilines is 1. The molecule has 0 amide bonds. The lowest BCUT2D eigenvalue weighted by Crippen LogP contribution is -2.41. The number of ether oxygens (including phenoxy) is 2. The van der Waals surface area contributed by atoms with Gasteiger partial charge in [0.05, 0.1) is 25.9 Å². The summed E-state index contributed by atoms with van der Waals surface area (Å²) in [5.74, 6) is 1.85. The average Bonchev–Trinajstić information content (AvgIpc) is 3.18. The van der Waals surface area contributed by atoms with E-state index >= 15 is 0 Å². The summed E-state index contributed by atoms with van der Waals surface area (Å²) in [4.78, 5) is 11.6. The van der Waals surface area contributed by atoms with Crippen LogP contribution in [-0.2, 0) is 16.0 Å². The first-order valence-corrected chi connectivity index (χ1v) is 9.27. The van der Waals surface area contributed by atoms with Crippen molar-refractivity contribution in [1.29, 1.82) is 0 Å². The van der Waals surface area contributed by atoms with Crippen molar-refractivity contribution >= 4 is 11.8 Å². The minimum atomic E-state index is 0.297. The van der Waals surface area contributed by atoms with E-state index < -0.39 is 0 Å². The molecule has 0 bridgehead atoms. The molecule has 2 saturated heterocycles. The Labute approximate surface area is 149 Å². The van der Waals surface area contributed by atoms with Gasteiger partial charge in [0.1, 0.15) is 5.82 Å². The Morgan fingerprint density at radius 2 is 2.20 bits per heavy atom. The minimum Gasteiger partial charge on any atom is -0.378 e. The molecule has 0 spiro atoms. The number of rotatable bonds is 6. The predicted molar refractivity (Wildman–Crippen MR) is 99.1 cm³/mol. The van der Waals surface area contributed by atoms with E-state index in [1.54, 1.807) is 0 Å². The van der Waals surface area contributed by atoms with E-state index in [0.717, 1.165) is 76.2 Å². The molecule has 138 valence electrons. The van der Waals surface area contributed by atoms with Gasteiger partial charge in [0.25, 0.3) is 0 Å². The van der Waals surface area contributed by atoms with Crippen molar-refractivity contribution in [3.8, 4) is 0 Å². The summed E-state index contributed by atoms with van der Waals surface area (Å²) in [6.45, 7) is 8.45. The number of morpholine rings is 1. The summed E-state index contributed by atoms with van der Waals surface area (Å²) in [5.41, 5.74) is 1.14. The van der Waals surface area contributed by atoms with Crippen LogP contribution in [0.5, 0.6) is 0 Å². The van der Waals surface area contributed by atoms with Crippen LogP contribution in [0.25, 0.3) is 0 Å². The summed E-state index contributed by atoms with van der Waals surface area (Å²) in [6, 6.07) is 4.08. The molecule has 7 nitrogen and oxygen atoms in total. The molecule has 0 aliphatic carbocycles. The van der Waals surface area contributed by atoms with E-state index in [9.17, 15) is 0 Å². The second kappa shape index (κ2) is 9.58. The van der Waals surface area contributed by atoms with E-state index in [-0.39, 0.29) is 0 Å². The third kappa shape index (κ3) is 5.31. The molecule has 1 unspecified atom stereocenters. The van der Waals surface area contributed by atoms with Gasteiger partial charge in [0, 0.05) is 44.5 Å². The van der Waals surface area contributed by atoms with E-state index in [1.807, 2.05) is 12.3 Å². The van der Waals surface area contributed by atoms with Crippen LogP contribution in [0.4, 0.5) is 5.82 Å². The van der Waals surface area contributed by atoms with Gasteiger partial charge in [0.2, 0.25) is 0 Å². The van der Waals surface area contributed by atoms with Gasteiger partial charge < -0.3 is 25.0 Å². The van der Waals surface area contributed by atoms with Crippen LogP contribution in [0.3, 0.4) is 0 Å². The topological polar surface area (TPSA) is 71.0 Å². The second-order valence-electron chi connectivity index (χ2n) is 6.30. The maximum absolute atomic E-state index is 5.67. The first kappa shape index (κ1) is 17.9. The Balaban J connectivity index is 1.63. The molecule has 2 aliphatic heterocycles. The van der Waals surface area contributed by atoms with Crippen LogP contribution in [0.2, 0.25) is 0 Å². The van der Waals surface area contributed by atoms with Gasteiger partial charge in [-0.25, -0.2) is 9.98 Å². The van der Waals surface area contributed by atoms with Crippen molar-refractivity contribution in [2.75, 3.05) is 50.9 Å². The Kier molecular flexibility index (Phi) is 6.88. The molecule has 3 rings (SSSR count). The summed E-state index contributed by atoms with van der Waals surface area (Å²) in [6.07, 6.45) is 4.42. The first-order chi connectivity index (χ1) is 12.4. The van der Waals surface area contributed by atoms with E-state index in [2.05, 4.69) is 33.5 Å². The smallest absolute Gasteiger partial charge is 0.191 e. The SMILES string of the molecule is CCNC(=NCc1cccnc1N1CCOCC1)NCC1CCCO1. The lowest BCUT2D eigenvalue weighted by atomic mass is 10.2. The summed E-state index contributed by atoms with van der Waals surface area (Å²) in [7, 11) is 0. The molecule has 1 aromatic rings. The Bertz CT molecular complexity index is 554. The molecule has 25 heavy (non-hydrogen) atoms. The van der Waals surface area contributed by atoms with Gasteiger partial charge in [-0.15, -0.1) is 0 Å². The van der Waals surface area contributed by atoms with E-state index in [4.69, 9.17) is 14.5 Å². The van der Waals surface area contributed by atoms with Gasteiger partial charge in [-0.2, -0.15) is 0 Å². The highest BCUT2D eigenvalue weighted by Gasteiger charge is 2.17. The van der Waals surface area contributed by atoms with E-state index in [0.29, 0.717) is 12.6 Å². The summed E-state index contributed by atoms with van der Waals surface area (Å²) in [5, 5.41) is 6.70. The molecule has 0 aromatic carbocycles. The highest BCUT2D eigenvalue weighted by atomic mass is 16.5. The van der Waals surface area contributed by atoms with Crippen LogP contribution in [-0.4, -0.2) is 63.0 Å². The summed E-state index contributed by atoms with van der Waals surface area (Å²) >= 11 is 0. The molecule has 0 saturated carbocycles. The number of nitrogens with one attached hydrogen (secondary N) is 2. The quantitative estimate of drug-likeness (QED) is 0.594. The molecule has 1 aromatic heterocycles. The van der Waals surface area contributed by atoms with Crippen LogP contribution in [0, 0.1) is 0 Å². The summed E-state index contributed by atoms with van der Waals surface area (Å²) < 4.78 is 11.1. The number of guanidine groups is 1. The van der Waals surface area contributed by atoms with Gasteiger partial charge in [-0.3, -0.25) is 0 Å². The Morgan fingerprint density at radius 1 is 1.32 bits per heavy atom. The second-order valence-corrected chi connectivity index (χ2v) is 6.30. The lowest BCUT2D eigenvalue weighted by Gasteiger charge is -2.29. The zero-order valence-electron chi connectivity index (χ0n) is 15.0. The fraction of sp³-hybridized carbons (Fsp3) is 0.667. The molecular formula is C18H29N5O2. The van der Waals surface area contributed by atoms with Crippen molar-refractivity contribution in [3.05, 3.63) is 23.9 Å². The van der Waals surface area contributed by atoms with Crippen molar-refractivity contribution in [3.63, 3.8) is 0 Å². The number of aromatic nitrogens is 1. The number of hydrogen-bond donors (Lipinski definition) is 2. The van der Waals surface area contributed by atoms with Gasteiger partial charge >= 0.3 is 0 Å². The standard InChI is InChI=1S/C18H29N5O2/c1-2-19-18(22-14-16-6-4-10-25-16)21-13-15-5-3-7-20-17(15)23-8-11-24-12-9-23/h3,5,7,16H,2,4,6,8-14H2,1H3,(H2,19,21,22). The van der Waals surface area contributed by atoms with Crippen LogP contribution < -0.4 is 15.5 Å². The van der Waals surface area contributed by atoms with Crippen molar-refractivity contribution in [1.82, 2.24) is 15.6 Å². The highest BCUT2D eigenvalue weighted by Crippen LogP contribution is 2.19. The largest absolute Gasteiger partial charge is 0.378 e. The number of nitrogens with zero attached hydrogens (tertiary/aromatic N) is 3. The van der Waals surface area contributed by atoms with Crippen molar-refractivity contribution in [2.24, 2.45) is 4.99 Å². The number of aliphatic imine (C=N–C) groups is 1. The molecular weight excluding hydrogens is 318 g/mol. The van der Waals surface area contributed by atoms with Gasteiger partial charge in [-0.05, 0) is 25.8 Å². The zero-order chi connectivity index (χ0) is 17.3. The third-order valence-corrected chi connectivity index (χ3v) is 4.45. The monoisotopic (exact) mass is 347 g/mol. The molecule has 0 radical (unpaired) electrons. The molecule has 2 fully saturated rings. The fourth-order valence-corrected chi connectivity index (χ4v) is 3.14. The van der Waals surface area contributed by atoms with Gasteiger partial charge in [-0.1, -0.05) is 6.07 Å². The normalized spacial score (nSPS) is 21.4. The minimum absolute atomic E-state index is 0.297. The molecule has 1 atom stereocenters. The average molecular weight is 347 g/mol. The Morgan fingerprint density at radius 3 is 2.96 bits per heavy atom.